The third-order valence-electron chi connectivity index (χ3n) is 1.78. The highest BCUT2D eigenvalue weighted by Gasteiger charge is 2.22. The first-order chi connectivity index (χ1) is 6.57. The monoisotopic (exact) mass is 199 g/mol. The topological polar surface area (TPSA) is 109 Å². The molecule has 7 nitrogen and oxygen atoms in total. The molecule has 14 heavy (non-hydrogen) atoms. The van der Waals surface area contributed by atoms with E-state index in [1.807, 2.05) is 0 Å². The normalized spacial score (nSPS) is 12.4. The summed E-state index contributed by atoms with van der Waals surface area (Å²) in [5.74, 6) is 4.89. The molecule has 0 saturated heterocycles. The maximum atomic E-state index is 11.3. The number of nitrogens with zero attached hydrogens (tertiary/aromatic N) is 3. The van der Waals surface area contributed by atoms with Crippen molar-refractivity contribution in [3.8, 4) is 0 Å². The number of hydrogen-bond donors (Lipinski definition) is 2. The smallest absolute Gasteiger partial charge is 0.316 e. The third kappa shape index (κ3) is 1.76. The largest absolute Gasteiger partial charge is 0.465 e. The van der Waals surface area contributed by atoms with E-state index in [-0.39, 0.29) is 5.95 Å². The van der Waals surface area contributed by atoms with E-state index in [1.165, 1.54) is 0 Å². The van der Waals surface area contributed by atoms with Crippen molar-refractivity contribution in [2.75, 3.05) is 18.2 Å². The zero-order valence-electron chi connectivity index (χ0n) is 8.10. The third-order valence-corrected chi connectivity index (χ3v) is 1.78. The molecule has 0 aliphatic rings. The summed E-state index contributed by atoms with van der Waals surface area (Å²) in [6.45, 7) is 3.67. The summed E-state index contributed by atoms with van der Waals surface area (Å²) < 4.78 is 5.88. The van der Waals surface area contributed by atoms with Gasteiger partial charge in [-0.2, -0.15) is 0 Å². The molecule has 0 spiro atoms. The lowest BCUT2D eigenvalue weighted by Gasteiger charge is -2.08. The van der Waals surface area contributed by atoms with Crippen molar-refractivity contribution >= 4 is 11.9 Å². The molecule has 0 aliphatic carbocycles. The quantitative estimate of drug-likeness (QED) is 0.489. The van der Waals surface area contributed by atoms with E-state index in [2.05, 4.69) is 10.2 Å². The van der Waals surface area contributed by atoms with Crippen LogP contribution >= 0.6 is 0 Å². The van der Waals surface area contributed by atoms with Crippen LogP contribution in [0.3, 0.4) is 0 Å². The molecule has 1 rings (SSSR count). The summed E-state index contributed by atoms with van der Waals surface area (Å²) in [7, 11) is 0. The number of ether oxygens (including phenoxy) is 1. The summed E-state index contributed by atoms with van der Waals surface area (Å²) in [6, 6.07) is 0. The molecule has 1 unspecified atom stereocenters. The predicted molar refractivity (Wildman–Crippen MR) is 49.6 cm³/mol. The molecule has 1 aromatic rings. The van der Waals surface area contributed by atoms with Gasteiger partial charge in [0.05, 0.1) is 6.61 Å². The lowest BCUT2D eigenvalue weighted by atomic mass is 10.2. The van der Waals surface area contributed by atoms with E-state index >= 15 is 0 Å². The summed E-state index contributed by atoms with van der Waals surface area (Å²) in [6.07, 6.45) is 0. The second kappa shape index (κ2) is 3.95. The van der Waals surface area contributed by atoms with E-state index < -0.39 is 11.9 Å². The Balaban J connectivity index is 2.83. The number of carbonyl (C=O) groups excluding carboxylic acids is 1. The second-order valence-corrected chi connectivity index (χ2v) is 2.76. The standard InChI is InChI=1S/C7H13N5O2/c1-3-14-6(13)4(2)5-10-11-7(8)12(5)9/h4H,3,9H2,1-2H3,(H2,8,11). The molecule has 0 aromatic carbocycles. The van der Waals surface area contributed by atoms with E-state index in [0.29, 0.717) is 12.4 Å². The molecule has 0 amide bonds. The lowest BCUT2D eigenvalue weighted by molar-refractivity contribution is -0.144. The van der Waals surface area contributed by atoms with Crippen molar-refractivity contribution in [1.82, 2.24) is 14.9 Å². The van der Waals surface area contributed by atoms with Crippen LogP contribution in [0.15, 0.2) is 0 Å². The fourth-order valence-corrected chi connectivity index (χ4v) is 0.984. The number of anilines is 1. The average Bonchev–Trinajstić information content (AvgIpc) is 2.47. The zero-order chi connectivity index (χ0) is 10.7. The Kier molecular flexibility index (Phi) is 2.90. The van der Waals surface area contributed by atoms with Crippen LogP contribution in [0.5, 0.6) is 0 Å². The minimum atomic E-state index is -0.565. The van der Waals surface area contributed by atoms with Crippen LogP contribution in [0.1, 0.15) is 25.6 Å². The maximum absolute atomic E-state index is 11.3. The van der Waals surface area contributed by atoms with Crippen molar-refractivity contribution in [1.29, 1.82) is 0 Å². The van der Waals surface area contributed by atoms with Gasteiger partial charge in [-0.05, 0) is 13.8 Å². The van der Waals surface area contributed by atoms with Gasteiger partial charge in [0.25, 0.3) is 0 Å². The Hall–Kier alpha value is -1.79. The Bertz CT molecular complexity index is 335. The van der Waals surface area contributed by atoms with Crippen LogP contribution in [0.4, 0.5) is 5.95 Å². The van der Waals surface area contributed by atoms with E-state index in [4.69, 9.17) is 16.3 Å². The van der Waals surface area contributed by atoms with Gasteiger partial charge in [-0.25, -0.2) is 4.68 Å². The fraction of sp³-hybridized carbons (Fsp3) is 0.571. The number of rotatable bonds is 3. The number of esters is 1. The molecule has 0 fully saturated rings. The molecule has 7 heteroatoms. The molecule has 0 bridgehead atoms. The molecule has 1 heterocycles. The van der Waals surface area contributed by atoms with Gasteiger partial charge in [0.1, 0.15) is 5.92 Å². The van der Waals surface area contributed by atoms with Crippen LogP contribution in [-0.4, -0.2) is 27.4 Å². The second-order valence-electron chi connectivity index (χ2n) is 2.76. The summed E-state index contributed by atoms with van der Waals surface area (Å²) in [5.41, 5.74) is 5.36. The molecular weight excluding hydrogens is 186 g/mol. The van der Waals surface area contributed by atoms with Gasteiger partial charge < -0.3 is 16.3 Å². The van der Waals surface area contributed by atoms with Crippen LogP contribution in [0.25, 0.3) is 0 Å². The van der Waals surface area contributed by atoms with Gasteiger partial charge in [-0.15, -0.1) is 10.2 Å². The first-order valence-corrected chi connectivity index (χ1v) is 4.20. The minimum Gasteiger partial charge on any atom is -0.465 e. The van der Waals surface area contributed by atoms with Gasteiger partial charge in [0.2, 0.25) is 5.95 Å². The highest BCUT2D eigenvalue weighted by Crippen LogP contribution is 2.14. The van der Waals surface area contributed by atoms with E-state index in [9.17, 15) is 4.79 Å². The summed E-state index contributed by atoms with van der Waals surface area (Å²) in [5, 5.41) is 7.22. The van der Waals surface area contributed by atoms with E-state index in [1.54, 1.807) is 13.8 Å². The minimum absolute atomic E-state index is 0.0659. The Labute approximate surface area is 81.0 Å². The van der Waals surface area contributed by atoms with E-state index in [0.717, 1.165) is 4.68 Å². The van der Waals surface area contributed by atoms with Crippen LogP contribution in [-0.2, 0) is 9.53 Å². The van der Waals surface area contributed by atoms with Crippen LogP contribution in [0, 0.1) is 0 Å². The van der Waals surface area contributed by atoms with Gasteiger partial charge in [-0.1, -0.05) is 0 Å². The van der Waals surface area contributed by atoms with Gasteiger partial charge in [0.15, 0.2) is 5.82 Å². The van der Waals surface area contributed by atoms with Crippen molar-refractivity contribution in [2.24, 2.45) is 0 Å². The van der Waals surface area contributed by atoms with Crippen molar-refractivity contribution in [2.45, 2.75) is 19.8 Å². The fourth-order valence-electron chi connectivity index (χ4n) is 0.984. The molecule has 0 saturated carbocycles. The van der Waals surface area contributed by atoms with Crippen molar-refractivity contribution in [3.63, 3.8) is 0 Å². The maximum Gasteiger partial charge on any atom is 0.316 e. The van der Waals surface area contributed by atoms with Gasteiger partial charge in [-0.3, -0.25) is 4.79 Å². The SMILES string of the molecule is CCOC(=O)C(C)c1nnc(N)n1N. The Morgan fingerprint density at radius 2 is 2.29 bits per heavy atom. The molecular formula is C7H13N5O2. The zero-order valence-corrected chi connectivity index (χ0v) is 8.10. The molecule has 1 atom stereocenters. The number of nitrogens with two attached hydrogens (primary N) is 2. The number of nitrogen functional groups attached to an aromatic ring is 2. The number of carbonyl (C=O) groups is 1. The molecule has 0 aliphatic heterocycles. The summed E-state index contributed by atoms with van der Waals surface area (Å²) >= 11 is 0. The first kappa shape index (κ1) is 10.3. The van der Waals surface area contributed by atoms with Gasteiger partial charge >= 0.3 is 5.97 Å². The Morgan fingerprint density at radius 1 is 1.64 bits per heavy atom. The highest BCUT2D eigenvalue weighted by molar-refractivity contribution is 5.76. The molecule has 78 valence electrons. The number of aromatic nitrogens is 3. The molecule has 4 N–H and O–H groups in total. The van der Waals surface area contributed by atoms with Crippen LogP contribution < -0.4 is 11.6 Å². The predicted octanol–water partition coefficient (Wildman–Crippen LogP) is -0.759. The lowest BCUT2D eigenvalue weighted by Crippen LogP contribution is -2.22. The highest BCUT2D eigenvalue weighted by atomic mass is 16.5. The number of hydrogen-bond acceptors (Lipinski definition) is 6. The average molecular weight is 199 g/mol. The first-order valence-electron chi connectivity index (χ1n) is 4.20. The van der Waals surface area contributed by atoms with Crippen molar-refractivity contribution in [3.05, 3.63) is 5.82 Å². The molecule has 0 radical (unpaired) electrons. The van der Waals surface area contributed by atoms with Gasteiger partial charge in [0, 0.05) is 0 Å². The Morgan fingerprint density at radius 3 is 2.71 bits per heavy atom. The molecule has 1 aromatic heterocycles. The van der Waals surface area contributed by atoms with Crippen LogP contribution in [0.2, 0.25) is 0 Å². The van der Waals surface area contributed by atoms with Crippen molar-refractivity contribution < 1.29 is 9.53 Å². The summed E-state index contributed by atoms with van der Waals surface area (Å²) in [4.78, 5) is 11.3.